The molecule has 0 spiro atoms. The first-order chi connectivity index (χ1) is 21.4. The number of benzene rings is 2. The van der Waals surface area contributed by atoms with Gasteiger partial charge in [0.05, 0.1) is 58.4 Å². The van der Waals surface area contributed by atoms with E-state index in [2.05, 4.69) is 9.97 Å². The summed E-state index contributed by atoms with van der Waals surface area (Å²) in [6.07, 6.45) is 3.26. The van der Waals surface area contributed by atoms with Gasteiger partial charge in [-0.05, 0) is 65.0 Å². The molecule has 0 saturated heterocycles. The predicted octanol–water partition coefficient (Wildman–Crippen LogP) is 4.39. The van der Waals surface area contributed by atoms with Crippen LogP contribution < -0.4 is 24.5 Å². The molecule has 5 aromatic rings. The molecule has 0 amide bonds. The van der Waals surface area contributed by atoms with Crippen LogP contribution in [0.15, 0.2) is 77.9 Å². The summed E-state index contributed by atoms with van der Waals surface area (Å²) in [4.78, 5) is 36.2. The first-order valence-electron chi connectivity index (χ1n) is 13.6. The largest absolute Gasteiger partial charge is 0.493 e. The van der Waals surface area contributed by atoms with Gasteiger partial charge in [0.25, 0.3) is 5.56 Å². The lowest BCUT2D eigenvalue weighted by atomic mass is 9.95. The summed E-state index contributed by atoms with van der Waals surface area (Å²) in [5, 5.41) is 10.2. The van der Waals surface area contributed by atoms with E-state index in [0.717, 1.165) is 0 Å². The van der Waals surface area contributed by atoms with Gasteiger partial charge in [0, 0.05) is 18.0 Å². The number of nitrogens with zero attached hydrogens (tertiary/aromatic N) is 3. The van der Waals surface area contributed by atoms with Crippen LogP contribution >= 0.6 is 0 Å². The van der Waals surface area contributed by atoms with Crippen LogP contribution in [0.3, 0.4) is 0 Å². The number of aliphatic hydroxyl groups is 1. The summed E-state index contributed by atoms with van der Waals surface area (Å²) in [6.45, 7) is -0.0246. The minimum Gasteiger partial charge on any atom is -0.493 e. The lowest BCUT2D eigenvalue weighted by Crippen LogP contribution is -2.28. The van der Waals surface area contributed by atoms with Crippen LogP contribution in [0.5, 0.6) is 23.0 Å². The highest BCUT2D eigenvalue weighted by molar-refractivity contribution is 6.07. The number of rotatable bonds is 11. The maximum atomic E-state index is 14.2. The zero-order chi connectivity index (χ0) is 31.2. The maximum absolute atomic E-state index is 14.2. The summed E-state index contributed by atoms with van der Waals surface area (Å²) < 4.78 is 29.3. The number of fused-ring (bicyclic) bond motifs is 1. The van der Waals surface area contributed by atoms with Crippen LogP contribution in [0, 0.1) is 0 Å². The fourth-order valence-corrected chi connectivity index (χ4v) is 5.02. The van der Waals surface area contributed by atoms with Gasteiger partial charge in [0.2, 0.25) is 5.75 Å². The molecule has 0 aliphatic heterocycles. The Hall–Kier alpha value is -5.42. The number of carbonyl (C=O) groups is 1. The molecule has 0 unspecified atom stereocenters. The Morgan fingerprint density at radius 3 is 2.27 bits per heavy atom. The van der Waals surface area contributed by atoms with E-state index >= 15 is 0 Å². The van der Waals surface area contributed by atoms with Gasteiger partial charge < -0.3 is 28.8 Å². The van der Waals surface area contributed by atoms with E-state index in [1.165, 1.54) is 33.0 Å². The van der Waals surface area contributed by atoms with Crippen LogP contribution in [-0.4, -0.2) is 54.1 Å². The zero-order valence-electron chi connectivity index (χ0n) is 24.7. The molecule has 0 fully saturated rings. The van der Waals surface area contributed by atoms with E-state index in [1.54, 1.807) is 67.0 Å². The number of aromatic nitrogens is 3. The number of esters is 1. The van der Waals surface area contributed by atoms with Crippen LogP contribution in [0.4, 0.5) is 0 Å². The third kappa shape index (κ3) is 5.90. The van der Waals surface area contributed by atoms with Gasteiger partial charge in [0.15, 0.2) is 11.5 Å². The Balaban J connectivity index is 1.77. The highest BCUT2D eigenvalue weighted by atomic mass is 16.5. The molecular formula is C33H31N3O8. The standard InChI is InChI=1S/C33H31N3O8/c1-40-27-13-21(14-28(41-2)31(27)42-3)29-25-11-10-24(44-19-23-9-5-8-22(18-37)35-23)15-26(25)32(38)36(30(29)33(39)43-4)17-20-7-6-12-34-16-20/h5-16,37H,17-19H2,1-4H3. The van der Waals surface area contributed by atoms with Crippen molar-refractivity contribution >= 4 is 16.7 Å². The Morgan fingerprint density at radius 2 is 1.64 bits per heavy atom. The van der Waals surface area contributed by atoms with Crippen LogP contribution in [0.25, 0.3) is 21.9 Å². The topological polar surface area (TPSA) is 131 Å². The summed E-state index contributed by atoms with van der Waals surface area (Å²) in [7, 11) is 5.76. The van der Waals surface area contributed by atoms with Gasteiger partial charge in [-0.3, -0.25) is 19.3 Å². The molecular weight excluding hydrogens is 566 g/mol. The molecule has 11 heteroatoms. The smallest absolute Gasteiger partial charge is 0.355 e. The molecule has 0 aliphatic rings. The first-order valence-corrected chi connectivity index (χ1v) is 13.6. The van der Waals surface area contributed by atoms with E-state index in [0.29, 0.717) is 61.8 Å². The van der Waals surface area contributed by atoms with Crippen molar-refractivity contribution in [1.29, 1.82) is 0 Å². The number of hydrogen-bond acceptors (Lipinski definition) is 10. The molecule has 44 heavy (non-hydrogen) atoms. The molecule has 1 N–H and O–H groups in total. The quantitative estimate of drug-likeness (QED) is 0.219. The van der Waals surface area contributed by atoms with Gasteiger partial charge >= 0.3 is 5.97 Å². The molecule has 2 aromatic carbocycles. The number of carbonyl (C=O) groups excluding carboxylic acids is 1. The van der Waals surface area contributed by atoms with Crippen molar-refractivity contribution in [3.05, 3.63) is 106 Å². The van der Waals surface area contributed by atoms with E-state index in [1.807, 2.05) is 6.07 Å². The monoisotopic (exact) mass is 597 g/mol. The molecule has 0 radical (unpaired) electrons. The second-order valence-corrected chi connectivity index (χ2v) is 9.66. The number of ether oxygens (including phenoxy) is 5. The Morgan fingerprint density at radius 1 is 0.886 bits per heavy atom. The number of hydrogen-bond donors (Lipinski definition) is 1. The number of pyridine rings is 3. The molecule has 11 nitrogen and oxygen atoms in total. The van der Waals surface area contributed by atoms with Gasteiger partial charge in [-0.2, -0.15) is 0 Å². The van der Waals surface area contributed by atoms with Crippen molar-refractivity contribution in [2.75, 3.05) is 28.4 Å². The highest BCUT2D eigenvalue weighted by Crippen LogP contribution is 2.43. The zero-order valence-corrected chi connectivity index (χ0v) is 24.7. The van der Waals surface area contributed by atoms with Gasteiger partial charge in [0.1, 0.15) is 18.1 Å². The third-order valence-electron chi connectivity index (χ3n) is 7.05. The minimum atomic E-state index is -0.702. The third-order valence-corrected chi connectivity index (χ3v) is 7.05. The van der Waals surface area contributed by atoms with Crippen LogP contribution in [0.1, 0.15) is 27.4 Å². The van der Waals surface area contributed by atoms with Crippen molar-refractivity contribution in [1.82, 2.24) is 14.5 Å². The summed E-state index contributed by atoms with van der Waals surface area (Å²) in [6, 6.07) is 17.4. The lowest BCUT2D eigenvalue weighted by Gasteiger charge is -2.21. The van der Waals surface area contributed by atoms with E-state index in [-0.39, 0.29) is 25.5 Å². The fourth-order valence-electron chi connectivity index (χ4n) is 5.02. The molecule has 0 aliphatic carbocycles. The second kappa shape index (κ2) is 13.3. The van der Waals surface area contributed by atoms with Crippen LogP contribution in [-0.2, 0) is 24.5 Å². The van der Waals surface area contributed by atoms with Crippen molar-refractivity contribution in [2.24, 2.45) is 0 Å². The summed E-state index contributed by atoms with van der Waals surface area (Å²) >= 11 is 0. The maximum Gasteiger partial charge on any atom is 0.355 e. The molecule has 0 atom stereocenters. The normalized spacial score (nSPS) is 10.8. The lowest BCUT2D eigenvalue weighted by molar-refractivity contribution is 0.0588. The second-order valence-electron chi connectivity index (χ2n) is 9.66. The van der Waals surface area contributed by atoms with E-state index in [9.17, 15) is 14.7 Å². The SMILES string of the molecule is COC(=O)c1c(-c2cc(OC)c(OC)c(OC)c2)c2ccc(OCc3cccc(CO)n3)cc2c(=O)n1Cc1cccnc1. The molecule has 226 valence electrons. The van der Waals surface area contributed by atoms with Crippen LogP contribution in [0.2, 0.25) is 0 Å². The minimum absolute atomic E-state index is 0.0433. The number of methoxy groups -OCH3 is 4. The molecule has 0 bridgehead atoms. The molecule has 3 aromatic heterocycles. The van der Waals surface area contributed by atoms with Crippen molar-refractivity contribution in [3.8, 4) is 34.1 Å². The van der Waals surface area contributed by atoms with Crippen molar-refractivity contribution in [3.63, 3.8) is 0 Å². The molecule has 3 heterocycles. The molecule has 5 rings (SSSR count). The van der Waals surface area contributed by atoms with Gasteiger partial charge in [-0.1, -0.05) is 12.1 Å². The average molecular weight is 598 g/mol. The number of aliphatic hydroxyl groups excluding tert-OH is 1. The fraction of sp³-hybridized carbons (Fsp3) is 0.212. The Labute approximate surface area is 253 Å². The highest BCUT2D eigenvalue weighted by Gasteiger charge is 2.27. The molecule has 0 saturated carbocycles. The average Bonchev–Trinajstić information content (AvgIpc) is 3.07. The Kier molecular flexibility index (Phi) is 9.06. The van der Waals surface area contributed by atoms with Gasteiger partial charge in [-0.15, -0.1) is 0 Å². The predicted molar refractivity (Wildman–Crippen MR) is 162 cm³/mol. The summed E-state index contributed by atoms with van der Waals surface area (Å²) in [5.41, 5.74) is 2.42. The van der Waals surface area contributed by atoms with Gasteiger partial charge in [-0.25, -0.2) is 4.79 Å². The van der Waals surface area contributed by atoms with Crippen molar-refractivity contribution < 1.29 is 33.6 Å². The summed E-state index contributed by atoms with van der Waals surface area (Å²) in [5.74, 6) is 0.829. The van der Waals surface area contributed by atoms with Crippen molar-refractivity contribution in [2.45, 2.75) is 19.8 Å². The van der Waals surface area contributed by atoms with E-state index < -0.39 is 11.5 Å². The van der Waals surface area contributed by atoms with E-state index in [4.69, 9.17) is 23.7 Å². The first kappa shape index (κ1) is 30.1. The Bertz CT molecular complexity index is 1850.